The number of aliphatic carboxylic acids is 1. The Bertz CT molecular complexity index is 619. The fourth-order valence-electron chi connectivity index (χ4n) is 6.39. The summed E-state index contributed by atoms with van der Waals surface area (Å²) in [5.74, 6) is -0.742. The van der Waals surface area contributed by atoms with Crippen molar-refractivity contribution in [3.63, 3.8) is 0 Å². The minimum Gasteiger partial charge on any atom is -0.478 e. The van der Waals surface area contributed by atoms with Crippen LogP contribution in [0.5, 0.6) is 0 Å². The standard InChI is InChI=1S/C42H80O2/c1-3-5-7-9-11-13-15-17-19-21-22-23-24-26-28-30-32-34-36-38-40-41(42(43)44)39-37-35-33-31-29-27-25-20-18-16-14-12-10-8-6-4-2/h35,37,39H,3-34,36,38,40H2,1-2H3,(H,43,44). The average molecular weight is 617 g/mol. The molecule has 0 unspecified atom stereocenters. The van der Waals surface area contributed by atoms with Crippen molar-refractivity contribution < 1.29 is 9.90 Å². The van der Waals surface area contributed by atoms with Crippen LogP contribution < -0.4 is 0 Å². The minimum atomic E-state index is -0.742. The lowest BCUT2D eigenvalue weighted by Gasteiger charge is -2.04. The van der Waals surface area contributed by atoms with Crippen molar-refractivity contribution in [2.24, 2.45) is 0 Å². The smallest absolute Gasteiger partial charge is 0.331 e. The topological polar surface area (TPSA) is 37.3 Å². The molecule has 0 rings (SSSR count). The van der Waals surface area contributed by atoms with Crippen LogP contribution in [0.4, 0.5) is 0 Å². The van der Waals surface area contributed by atoms with Crippen LogP contribution in [-0.4, -0.2) is 11.1 Å². The average Bonchev–Trinajstić information content (AvgIpc) is 3.02. The largest absolute Gasteiger partial charge is 0.478 e. The highest BCUT2D eigenvalue weighted by Crippen LogP contribution is 2.17. The number of carbonyl (C=O) groups is 1. The highest BCUT2D eigenvalue weighted by atomic mass is 16.4. The van der Waals surface area contributed by atoms with E-state index in [1.807, 2.05) is 12.2 Å². The first kappa shape index (κ1) is 43.0. The second-order valence-corrected chi connectivity index (χ2v) is 13.9. The zero-order valence-electron chi connectivity index (χ0n) is 30.3. The Morgan fingerprint density at radius 3 is 0.977 bits per heavy atom. The van der Waals surface area contributed by atoms with Gasteiger partial charge < -0.3 is 5.11 Å². The quantitative estimate of drug-likeness (QED) is 0.0428. The summed E-state index contributed by atoms with van der Waals surface area (Å²) >= 11 is 0. The molecule has 0 spiro atoms. The molecule has 0 saturated carbocycles. The molecular weight excluding hydrogens is 536 g/mol. The maximum absolute atomic E-state index is 11.6. The van der Waals surface area contributed by atoms with Crippen molar-refractivity contribution in [2.45, 2.75) is 239 Å². The Balaban J connectivity index is 3.48. The van der Waals surface area contributed by atoms with Crippen LogP contribution >= 0.6 is 0 Å². The number of allylic oxidation sites excluding steroid dienone is 3. The maximum Gasteiger partial charge on any atom is 0.331 e. The summed E-state index contributed by atoms with van der Waals surface area (Å²) in [5.41, 5.74) is 0.578. The van der Waals surface area contributed by atoms with E-state index < -0.39 is 5.97 Å². The van der Waals surface area contributed by atoms with Crippen LogP contribution in [0.1, 0.15) is 239 Å². The summed E-state index contributed by atoms with van der Waals surface area (Å²) in [6, 6.07) is 0. The lowest BCUT2D eigenvalue weighted by molar-refractivity contribution is -0.132. The van der Waals surface area contributed by atoms with Crippen molar-refractivity contribution in [3.8, 4) is 0 Å². The Kier molecular flexibility index (Phi) is 37.2. The molecule has 260 valence electrons. The summed E-state index contributed by atoms with van der Waals surface area (Å²) in [7, 11) is 0. The van der Waals surface area contributed by atoms with E-state index in [-0.39, 0.29) is 0 Å². The van der Waals surface area contributed by atoms with Gasteiger partial charge in [-0.15, -0.1) is 0 Å². The molecule has 2 nitrogen and oxygen atoms in total. The van der Waals surface area contributed by atoms with Crippen molar-refractivity contribution in [1.82, 2.24) is 0 Å². The SMILES string of the molecule is CCCCCCCCCCCCCCCC=CC=C(CCCCCCCCCCCCCCCCCCCCCC)C(=O)O. The summed E-state index contributed by atoms with van der Waals surface area (Å²) < 4.78 is 0. The first-order valence-corrected chi connectivity index (χ1v) is 20.3. The van der Waals surface area contributed by atoms with Gasteiger partial charge in [-0.2, -0.15) is 0 Å². The van der Waals surface area contributed by atoms with E-state index in [1.165, 1.54) is 199 Å². The van der Waals surface area contributed by atoms with E-state index in [2.05, 4.69) is 19.9 Å². The molecule has 0 radical (unpaired) electrons. The lowest BCUT2D eigenvalue weighted by Crippen LogP contribution is -2.00. The van der Waals surface area contributed by atoms with Gasteiger partial charge in [0, 0.05) is 5.57 Å². The molecule has 0 atom stereocenters. The monoisotopic (exact) mass is 617 g/mol. The maximum atomic E-state index is 11.6. The van der Waals surface area contributed by atoms with Gasteiger partial charge in [0.05, 0.1) is 0 Å². The van der Waals surface area contributed by atoms with Gasteiger partial charge >= 0.3 is 5.97 Å². The first-order valence-electron chi connectivity index (χ1n) is 20.3. The van der Waals surface area contributed by atoms with Gasteiger partial charge in [-0.3, -0.25) is 0 Å². The van der Waals surface area contributed by atoms with E-state index >= 15 is 0 Å². The number of hydrogen-bond donors (Lipinski definition) is 1. The van der Waals surface area contributed by atoms with Crippen molar-refractivity contribution in [1.29, 1.82) is 0 Å². The fraction of sp³-hybridized carbons (Fsp3) is 0.881. The number of rotatable bonds is 37. The Morgan fingerprint density at radius 2 is 0.682 bits per heavy atom. The molecule has 0 aromatic rings. The summed E-state index contributed by atoms with van der Waals surface area (Å²) in [5, 5.41) is 9.56. The molecule has 44 heavy (non-hydrogen) atoms. The van der Waals surface area contributed by atoms with E-state index in [9.17, 15) is 9.90 Å². The van der Waals surface area contributed by atoms with Gasteiger partial charge in [0.15, 0.2) is 0 Å². The molecule has 0 fully saturated rings. The van der Waals surface area contributed by atoms with Gasteiger partial charge in [-0.05, 0) is 25.7 Å². The number of carboxylic acid groups (broad SMARTS) is 1. The van der Waals surface area contributed by atoms with E-state index in [0.717, 1.165) is 19.3 Å². The van der Waals surface area contributed by atoms with Gasteiger partial charge in [0.25, 0.3) is 0 Å². The molecule has 0 aliphatic carbocycles. The third-order valence-electron chi connectivity index (χ3n) is 9.48. The number of hydrogen-bond acceptors (Lipinski definition) is 1. The van der Waals surface area contributed by atoms with Crippen molar-refractivity contribution in [3.05, 3.63) is 23.8 Å². The molecule has 0 aromatic heterocycles. The Morgan fingerprint density at radius 1 is 0.409 bits per heavy atom. The third kappa shape index (κ3) is 35.4. The van der Waals surface area contributed by atoms with Crippen LogP contribution in [0.2, 0.25) is 0 Å². The minimum absolute atomic E-state index is 0.578. The molecule has 1 N–H and O–H groups in total. The second kappa shape index (κ2) is 38.1. The molecular formula is C42H80O2. The van der Waals surface area contributed by atoms with Crippen LogP contribution in [0.25, 0.3) is 0 Å². The normalized spacial score (nSPS) is 12.1. The van der Waals surface area contributed by atoms with E-state index in [4.69, 9.17) is 0 Å². The van der Waals surface area contributed by atoms with Crippen LogP contribution in [0.3, 0.4) is 0 Å². The predicted octanol–water partition coefficient (Wildman–Crippen LogP) is 15.2. The summed E-state index contributed by atoms with van der Waals surface area (Å²) in [6.45, 7) is 4.58. The second-order valence-electron chi connectivity index (χ2n) is 13.9. The van der Waals surface area contributed by atoms with Gasteiger partial charge in [0.1, 0.15) is 0 Å². The van der Waals surface area contributed by atoms with Crippen molar-refractivity contribution >= 4 is 5.97 Å². The van der Waals surface area contributed by atoms with E-state index in [1.54, 1.807) is 0 Å². The summed E-state index contributed by atoms with van der Waals surface area (Å²) in [6.07, 6.45) is 53.2. The van der Waals surface area contributed by atoms with Crippen molar-refractivity contribution in [2.75, 3.05) is 0 Å². The Hall–Kier alpha value is -1.05. The molecule has 0 aliphatic rings. The summed E-state index contributed by atoms with van der Waals surface area (Å²) in [4.78, 5) is 11.6. The number of unbranched alkanes of at least 4 members (excludes halogenated alkanes) is 32. The molecule has 0 amide bonds. The molecule has 0 saturated heterocycles. The lowest BCUT2D eigenvalue weighted by atomic mass is 10.0. The third-order valence-corrected chi connectivity index (χ3v) is 9.48. The highest BCUT2D eigenvalue weighted by molar-refractivity contribution is 5.86. The zero-order chi connectivity index (χ0) is 32.0. The highest BCUT2D eigenvalue weighted by Gasteiger charge is 2.05. The van der Waals surface area contributed by atoms with Gasteiger partial charge in [0.2, 0.25) is 0 Å². The van der Waals surface area contributed by atoms with Crippen LogP contribution in [0, 0.1) is 0 Å². The Labute approximate surface area is 277 Å². The molecule has 0 bridgehead atoms. The van der Waals surface area contributed by atoms with Crippen LogP contribution in [-0.2, 0) is 4.79 Å². The molecule has 0 aromatic carbocycles. The fourth-order valence-corrected chi connectivity index (χ4v) is 6.39. The van der Waals surface area contributed by atoms with Gasteiger partial charge in [-0.1, -0.05) is 231 Å². The molecule has 2 heteroatoms. The molecule has 0 aliphatic heterocycles. The first-order chi connectivity index (χ1) is 21.7. The van der Waals surface area contributed by atoms with Gasteiger partial charge in [-0.25, -0.2) is 4.79 Å². The predicted molar refractivity (Wildman–Crippen MR) is 198 cm³/mol. The van der Waals surface area contributed by atoms with E-state index in [0.29, 0.717) is 12.0 Å². The number of carboxylic acids is 1. The molecule has 0 heterocycles. The zero-order valence-corrected chi connectivity index (χ0v) is 30.3. The van der Waals surface area contributed by atoms with Crippen LogP contribution in [0.15, 0.2) is 23.8 Å².